The van der Waals surface area contributed by atoms with Gasteiger partial charge in [0, 0.05) is 18.0 Å². The fraction of sp³-hybridized carbons (Fsp3) is 0.538. The van der Waals surface area contributed by atoms with E-state index in [1.165, 1.54) is 16.2 Å². The summed E-state index contributed by atoms with van der Waals surface area (Å²) in [5, 5.41) is 2.97. The van der Waals surface area contributed by atoms with E-state index in [-0.39, 0.29) is 17.9 Å². The smallest absolute Gasteiger partial charge is 0.314 e. The Labute approximate surface area is 127 Å². The zero-order valence-corrected chi connectivity index (χ0v) is 12.8. The van der Waals surface area contributed by atoms with Gasteiger partial charge in [-0.15, -0.1) is 11.3 Å². The number of nitrogens with two attached hydrogens (primary N) is 1. The average molecular weight is 316 g/mol. The quantitative estimate of drug-likeness (QED) is 0.898. The number of primary amides is 1. The van der Waals surface area contributed by atoms with Gasteiger partial charge in [-0.25, -0.2) is 4.79 Å². The summed E-state index contributed by atoms with van der Waals surface area (Å²) in [6, 6.07) is 3.19. The summed E-state index contributed by atoms with van der Waals surface area (Å²) in [6.45, 7) is 2.96. The Hall–Kier alpha value is -1.27. The third kappa shape index (κ3) is 3.64. The number of halogens is 1. The first-order chi connectivity index (χ1) is 9.47. The van der Waals surface area contributed by atoms with Crippen molar-refractivity contribution in [1.29, 1.82) is 0 Å². The van der Waals surface area contributed by atoms with Gasteiger partial charge in [0.05, 0.1) is 16.3 Å². The maximum atomic E-state index is 12.2. The molecule has 1 fully saturated rings. The molecule has 0 radical (unpaired) electrons. The number of carbonyl (C=O) groups is 2. The molecular weight excluding hydrogens is 298 g/mol. The monoisotopic (exact) mass is 315 g/mol. The fourth-order valence-corrected chi connectivity index (χ4v) is 3.42. The van der Waals surface area contributed by atoms with Crippen molar-refractivity contribution < 1.29 is 9.59 Å². The van der Waals surface area contributed by atoms with Crippen LogP contribution in [0, 0.1) is 5.92 Å². The average Bonchev–Trinajstić information content (AvgIpc) is 2.85. The number of hydrogen-bond donors (Lipinski definition) is 2. The van der Waals surface area contributed by atoms with E-state index in [9.17, 15) is 9.59 Å². The molecule has 1 aromatic rings. The Morgan fingerprint density at radius 3 is 2.90 bits per heavy atom. The van der Waals surface area contributed by atoms with Crippen LogP contribution >= 0.6 is 22.9 Å². The SMILES string of the molecule is C[C@@H](NC(=O)[C@H]1CCCN(C(N)=O)C1)c1ccc(Cl)s1. The van der Waals surface area contributed by atoms with Gasteiger partial charge < -0.3 is 16.0 Å². The summed E-state index contributed by atoms with van der Waals surface area (Å²) < 4.78 is 0.707. The zero-order valence-electron chi connectivity index (χ0n) is 11.3. The molecule has 0 aromatic carbocycles. The highest BCUT2D eigenvalue weighted by molar-refractivity contribution is 7.16. The van der Waals surface area contributed by atoms with Gasteiger partial charge in [-0.2, -0.15) is 0 Å². The van der Waals surface area contributed by atoms with Gasteiger partial charge in [0.15, 0.2) is 0 Å². The van der Waals surface area contributed by atoms with Crippen LogP contribution in [0.25, 0.3) is 0 Å². The van der Waals surface area contributed by atoms with Gasteiger partial charge in [0.1, 0.15) is 0 Å². The molecule has 20 heavy (non-hydrogen) atoms. The minimum absolute atomic E-state index is 0.0343. The highest BCUT2D eigenvalue weighted by atomic mass is 35.5. The van der Waals surface area contributed by atoms with E-state index < -0.39 is 6.03 Å². The second kappa shape index (κ2) is 6.45. The number of carbonyl (C=O) groups excluding carboxylic acids is 2. The number of piperidine rings is 1. The van der Waals surface area contributed by atoms with Crippen LogP contribution in [0.15, 0.2) is 12.1 Å². The van der Waals surface area contributed by atoms with Crippen molar-refractivity contribution in [1.82, 2.24) is 10.2 Å². The van der Waals surface area contributed by atoms with E-state index in [1.54, 1.807) is 0 Å². The van der Waals surface area contributed by atoms with Crippen molar-refractivity contribution in [3.8, 4) is 0 Å². The molecule has 1 aliphatic heterocycles. The lowest BCUT2D eigenvalue weighted by Gasteiger charge is -2.31. The van der Waals surface area contributed by atoms with Crippen molar-refractivity contribution >= 4 is 34.9 Å². The van der Waals surface area contributed by atoms with Gasteiger partial charge >= 0.3 is 6.03 Å². The molecule has 5 nitrogen and oxygen atoms in total. The van der Waals surface area contributed by atoms with Gasteiger partial charge in [-0.1, -0.05) is 11.6 Å². The molecule has 0 saturated carbocycles. The van der Waals surface area contributed by atoms with Crippen LogP contribution in [0.1, 0.15) is 30.7 Å². The van der Waals surface area contributed by atoms with Crippen LogP contribution in [0.4, 0.5) is 4.79 Å². The van der Waals surface area contributed by atoms with Crippen LogP contribution in [-0.2, 0) is 4.79 Å². The van der Waals surface area contributed by atoms with Gasteiger partial charge in [0.25, 0.3) is 0 Å². The molecule has 2 heterocycles. The van der Waals surface area contributed by atoms with Crippen LogP contribution in [0.5, 0.6) is 0 Å². The van der Waals surface area contributed by atoms with Crippen LogP contribution < -0.4 is 11.1 Å². The first-order valence-corrected chi connectivity index (χ1v) is 7.77. The molecule has 0 spiro atoms. The molecule has 0 aliphatic carbocycles. The van der Waals surface area contributed by atoms with Crippen molar-refractivity contribution in [2.45, 2.75) is 25.8 Å². The normalized spacial score (nSPS) is 20.5. The third-order valence-corrected chi connectivity index (χ3v) is 4.90. The number of hydrogen-bond acceptors (Lipinski definition) is 3. The Kier molecular flexibility index (Phi) is 4.88. The van der Waals surface area contributed by atoms with E-state index in [0.29, 0.717) is 17.4 Å². The number of thiophene rings is 1. The summed E-state index contributed by atoms with van der Waals surface area (Å²) >= 11 is 7.35. The molecule has 7 heteroatoms. The lowest BCUT2D eigenvalue weighted by molar-refractivity contribution is -0.126. The lowest BCUT2D eigenvalue weighted by Crippen LogP contribution is -2.47. The second-order valence-electron chi connectivity index (χ2n) is 5.00. The number of amides is 3. The van der Waals surface area contributed by atoms with Gasteiger partial charge in [0.2, 0.25) is 5.91 Å². The van der Waals surface area contributed by atoms with E-state index in [0.717, 1.165) is 17.7 Å². The largest absolute Gasteiger partial charge is 0.351 e. The second-order valence-corrected chi connectivity index (χ2v) is 6.74. The molecule has 2 atom stereocenters. The topological polar surface area (TPSA) is 75.4 Å². The van der Waals surface area contributed by atoms with Crippen molar-refractivity contribution in [2.75, 3.05) is 13.1 Å². The number of likely N-dealkylation sites (tertiary alicyclic amines) is 1. The van der Waals surface area contributed by atoms with E-state index in [1.807, 2.05) is 19.1 Å². The van der Waals surface area contributed by atoms with E-state index in [4.69, 9.17) is 17.3 Å². The molecule has 1 saturated heterocycles. The predicted octanol–water partition coefficient (Wildman–Crippen LogP) is 2.37. The van der Waals surface area contributed by atoms with Crippen LogP contribution in [-0.4, -0.2) is 29.9 Å². The summed E-state index contributed by atoms with van der Waals surface area (Å²) in [7, 11) is 0. The van der Waals surface area contributed by atoms with Crippen LogP contribution in [0.3, 0.4) is 0 Å². The van der Waals surface area contributed by atoms with E-state index in [2.05, 4.69) is 5.32 Å². The number of urea groups is 1. The van der Waals surface area contributed by atoms with Crippen molar-refractivity contribution in [2.24, 2.45) is 11.7 Å². The molecule has 0 bridgehead atoms. The summed E-state index contributed by atoms with van der Waals surface area (Å²) in [4.78, 5) is 26.0. The highest BCUT2D eigenvalue weighted by Crippen LogP contribution is 2.27. The number of nitrogens with one attached hydrogen (secondary N) is 1. The van der Waals surface area contributed by atoms with Gasteiger partial charge in [-0.05, 0) is 31.9 Å². The number of rotatable bonds is 3. The minimum Gasteiger partial charge on any atom is -0.351 e. The molecule has 110 valence electrons. The van der Waals surface area contributed by atoms with Crippen molar-refractivity contribution in [3.05, 3.63) is 21.3 Å². The summed E-state index contributed by atoms with van der Waals surface area (Å²) in [5.74, 6) is -0.220. The Morgan fingerprint density at radius 2 is 2.30 bits per heavy atom. The third-order valence-electron chi connectivity index (χ3n) is 3.48. The molecule has 1 aromatic heterocycles. The van der Waals surface area contributed by atoms with E-state index >= 15 is 0 Å². The van der Waals surface area contributed by atoms with Crippen molar-refractivity contribution in [3.63, 3.8) is 0 Å². The molecule has 3 N–H and O–H groups in total. The molecule has 1 aliphatic rings. The Balaban J connectivity index is 1.92. The first-order valence-electron chi connectivity index (χ1n) is 6.57. The maximum Gasteiger partial charge on any atom is 0.314 e. The van der Waals surface area contributed by atoms with Gasteiger partial charge in [-0.3, -0.25) is 4.79 Å². The molecule has 3 amide bonds. The Bertz CT molecular complexity index is 506. The Morgan fingerprint density at radius 1 is 1.55 bits per heavy atom. The first kappa shape index (κ1) is 15.1. The highest BCUT2D eigenvalue weighted by Gasteiger charge is 2.28. The molecule has 2 rings (SSSR count). The predicted molar refractivity (Wildman–Crippen MR) is 79.8 cm³/mol. The lowest BCUT2D eigenvalue weighted by atomic mass is 9.97. The molecule has 0 unspecified atom stereocenters. The summed E-state index contributed by atoms with van der Waals surface area (Å²) in [6.07, 6.45) is 1.59. The minimum atomic E-state index is -0.458. The zero-order chi connectivity index (χ0) is 14.7. The molecular formula is C13H18ClN3O2S. The van der Waals surface area contributed by atoms with Crippen LogP contribution in [0.2, 0.25) is 4.34 Å². The summed E-state index contributed by atoms with van der Waals surface area (Å²) in [5.41, 5.74) is 5.27. The maximum absolute atomic E-state index is 12.2. The number of nitrogens with zero attached hydrogens (tertiary/aromatic N) is 1. The fourth-order valence-electron chi connectivity index (χ4n) is 2.35. The standard InChI is InChI=1S/C13H18ClN3O2S/c1-8(10-4-5-11(14)20-10)16-12(18)9-3-2-6-17(7-9)13(15)19/h4-5,8-9H,2-3,6-7H2,1H3,(H2,15,19)(H,16,18)/t8-,9+/m1/s1.